The summed E-state index contributed by atoms with van der Waals surface area (Å²) in [6, 6.07) is 49.8. The molecule has 0 radical (unpaired) electrons. The topological polar surface area (TPSA) is 54.1 Å². The second kappa shape index (κ2) is 16.3. The lowest BCUT2D eigenvalue weighted by molar-refractivity contribution is 0.584. The van der Waals surface area contributed by atoms with E-state index in [9.17, 15) is 10.5 Å². The largest absolute Gasteiger partial charge is 0.307 e. The number of rotatable bonds is 8. The lowest BCUT2D eigenvalue weighted by atomic mass is 9.90. The Kier molecular flexibility index (Phi) is 10.2. The van der Waals surface area contributed by atoms with Crippen molar-refractivity contribution in [3.05, 3.63) is 214 Å². The van der Waals surface area contributed by atoms with Crippen LogP contribution in [0, 0.1) is 73.6 Å². The Morgan fingerprint density at radius 2 is 0.773 bits per heavy atom. The smallest absolute Gasteiger partial charge is 0.150 e. The van der Waals surface area contributed by atoms with Crippen LogP contribution in [0.2, 0.25) is 0 Å². The predicted octanol–water partition coefficient (Wildman–Crippen LogP) is 16.4. The van der Waals surface area contributed by atoms with Crippen LogP contribution in [0.1, 0.15) is 33.4 Å². The number of nitrogens with zero attached hydrogens (tertiary/aromatic N) is 4. The van der Waals surface area contributed by atoms with Crippen molar-refractivity contribution in [3.8, 4) is 34.4 Å². The maximum absolute atomic E-state index is 16.9. The lowest BCUT2D eigenvalue weighted by Gasteiger charge is -2.31. The second-order valence-electron chi connectivity index (χ2n) is 16.8. The average Bonchev–Trinajstić information content (AvgIpc) is 3.30. The minimum atomic E-state index is -0.777. The molecule has 0 aliphatic heterocycles. The first kappa shape index (κ1) is 41.5. The highest BCUT2D eigenvalue weighted by Crippen LogP contribution is 2.51. The molecule has 0 N–H and O–H groups in total. The molecule has 0 atom stereocenters. The van der Waals surface area contributed by atoms with Crippen molar-refractivity contribution in [2.24, 2.45) is 0 Å². The Bertz CT molecular complexity index is 3420. The molecule has 8 heteroatoms. The van der Waals surface area contributed by atoms with Crippen molar-refractivity contribution in [2.75, 3.05) is 9.80 Å². The van der Waals surface area contributed by atoms with Gasteiger partial charge in [-0.3, -0.25) is 0 Å². The van der Waals surface area contributed by atoms with Gasteiger partial charge in [0.2, 0.25) is 0 Å². The zero-order valence-electron chi connectivity index (χ0n) is 36.3. The Labute approximate surface area is 379 Å². The van der Waals surface area contributed by atoms with Gasteiger partial charge < -0.3 is 9.80 Å². The first-order chi connectivity index (χ1) is 31.9. The molecule has 0 fully saturated rings. The molecule has 0 heterocycles. The minimum Gasteiger partial charge on any atom is -0.307 e. The van der Waals surface area contributed by atoms with Gasteiger partial charge in [0.25, 0.3) is 0 Å². The third kappa shape index (κ3) is 7.01. The van der Waals surface area contributed by atoms with Crippen molar-refractivity contribution < 1.29 is 17.6 Å². The van der Waals surface area contributed by atoms with Crippen LogP contribution in [0.3, 0.4) is 0 Å². The highest BCUT2D eigenvalue weighted by atomic mass is 19.1. The summed E-state index contributed by atoms with van der Waals surface area (Å²) in [7, 11) is 0. The standard InChI is InChI=1S/C58H38F4N4/c1-33-5-19-45(35(3)25-33)49-27-41(59)29-51(61)57(49)65(43-15-7-37(31-63)8-16-43)53-23-13-39-12-22-48-54(24-14-40-11-21-47(53)55(39)56(40)48)66(44-17-9-38(32-64)10-18-44)58-50(28-42(60)30-52(58)62)46-20-6-34(2)26-36(46)4/h5-30H,1-4H3. The second-order valence-corrected chi connectivity index (χ2v) is 16.8. The van der Waals surface area contributed by atoms with Gasteiger partial charge in [0, 0.05) is 45.4 Å². The van der Waals surface area contributed by atoms with Gasteiger partial charge in [0.15, 0.2) is 11.6 Å². The maximum atomic E-state index is 16.9. The van der Waals surface area contributed by atoms with Crippen LogP contribution in [0.4, 0.5) is 51.7 Å². The van der Waals surface area contributed by atoms with Gasteiger partial charge in [0.1, 0.15) is 11.6 Å². The normalized spacial score (nSPS) is 11.3. The van der Waals surface area contributed by atoms with E-state index in [1.165, 1.54) is 12.1 Å². The Morgan fingerprint density at radius 3 is 1.14 bits per heavy atom. The van der Waals surface area contributed by atoms with Gasteiger partial charge in [-0.2, -0.15) is 10.5 Å². The first-order valence-electron chi connectivity index (χ1n) is 21.4. The van der Waals surface area contributed by atoms with Crippen molar-refractivity contribution in [3.63, 3.8) is 0 Å². The van der Waals surface area contributed by atoms with E-state index in [1.54, 1.807) is 58.3 Å². The summed E-state index contributed by atoms with van der Waals surface area (Å²) in [6.45, 7) is 7.76. The molecule has 318 valence electrons. The number of halogens is 4. The molecule has 0 aliphatic rings. The van der Waals surface area contributed by atoms with Gasteiger partial charge in [-0.25, -0.2) is 17.6 Å². The van der Waals surface area contributed by atoms with E-state index >= 15 is 17.6 Å². The quantitative estimate of drug-likeness (QED) is 0.113. The molecule has 0 saturated heterocycles. The molecule has 4 nitrogen and oxygen atoms in total. The summed E-state index contributed by atoms with van der Waals surface area (Å²) in [5, 5.41) is 24.4. The summed E-state index contributed by atoms with van der Waals surface area (Å²) in [5.74, 6) is -3.00. The van der Waals surface area contributed by atoms with Crippen LogP contribution in [0.15, 0.2) is 158 Å². The van der Waals surface area contributed by atoms with E-state index in [-0.39, 0.29) is 11.4 Å². The van der Waals surface area contributed by atoms with E-state index in [0.717, 1.165) is 66.7 Å². The molecular weight excluding hydrogens is 829 g/mol. The van der Waals surface area contributed by atoms with E-state index in [2.05, 4.69) is 12.1 Å². The third-order valence-electron chi connectivity index (χ3n) is 12.5. The molecule has 0 aliphatic carbocycles. The molecule has 0 bridgehead atoms. The van der Waals surface area contributed by atoms with Crippen LogP contribution in [0.5, 0.6) is 0 Å². The van der Waals surface area contributed by atoms with Crippen molar-refractivity contribution in [1.29, 1.82) is 10.5 Å². The molecule has 10 aromatic carbocycles. The molecule has 0 spiro atoms. The highest BCUT2D eigenvalue weighted by molar-refractivity contribution is 6.28. The Balaban J connectivity index is 1.28. The maximum Gasteiger partial charge on any atom is 0.150 e. The zero-order chi connectivity index (χ0) is 46.0. The summed E-state index contributed by atoms with van der Waals surface area (Å²) in [6.07, 6.45) is 0. The molecule has 0 amide bonds. The average molecular weight is 867 g/mol. The van der Waals surface area contributed by atoms with Gasteiger partial charge >= 0.3 is 0 Å². The number of benzene rings is 10. The summed E-state index contributed by atoms with van der Waals surface area (Å²) >= 11 is 0. The third-order valence-corrected chi connectivity index (χ3v) is 12.5. The van der Waals surface area contributed by atoms with Crippen molar-refractivity contribution in [2.45, 2.75) is 27.7 Å². The predicted molar refractivity (Wildman–Crippen MR) is 259 cm³/mol. The molecular formula is C58H38F4N4. The number of hydrogen-bond donors (Lipinski definition) is 0. The van der Waals surface area contributed by atoms with Gasteiger partial charge in [0.05, 0.1) is 46.0 Å². The van der Waals surface area contributed by atoms with Crippen LogP contribution < -0.4 is 9.80 Å². The van der Waals surface area contributed by atoms with E-state index in [0.29, 0.717) is 56.1 Å². The Hall–Kier alpha value is -8.46. The van der Waals surface area contributed by atoms with Crippen molar-refractivity contribution in [1.82, 2.24) is 0 Å². The van der Waals surface area contributed by atoms with Crippen molar-refractivity contribution >= 4 is 66.4 Å². The Morgan fingerprint density at radius 1 is 0.394 bits per heavy atom. The number of nitriles is 2. The molecule has 66 heavy (non-hydrogen) atoms. The van der Waals surface area contributed by atoms with Crippen LogP contribution >= 0.6 is 0 Å². The van der Waals surface area contributed by atoms with Gasteiger partial charge in [-0.1, -0.05) is 83.9 Å². The monoisotopic (exact) mass is 866 g/mol. The molecule has 10 aromatic rings. The summed E-state index contributed by atoms with van der Waals surface area (Å²) in [4.78, 5) is 3.56. The molecule has 0 aromatic heterocycles. The van der Waals surface area contributed by atoms with Crippen LogP contribution in [-0.4, -0.2) is 0 Å². The van der Waals surface area contributed by atoms with Crippen LogP contribution in [0.25, 0.3) is 54.6 Å². The molecule has 0 saturated carbocycles. The minimum absolute atomic E-state index is 0.126. The number of anilines is 6. The first-order valence-corrected chi connectivity index (χ1v) is 21.4. The highest BCUT2D eigenvalue weighted by Gasteiger charge is 2.28. The lowest BCUT2D eigenvalue weighted by Crippen LogP contribution is -2.15. The SMILES string of the molecule is Cc1ccc(-c2cc(F)cc(F)c2N(c2ccc(C#N)cc2)c2ccc3ccc4c(N(c5ccc(C#N)cc5)c5c(F)cc(F)cc5-c5ccc(C)cc5C)ccc5ccc2c3c54)c(C)c1. The van der Waals surface area contributed by atoms with E-state index in [1.807, 2.05) is 113 Å². The zero-order valence-corrected chi connectivity index (χ0v) is 36.3. The molecule has 10 rings (SSSR count). The van der Waals surface area contributed by atoms with Gasteiger partial charge in [-0.05, 0) is 144 Å². The fourth-order valence-electron chi connectivity index (χ4n) is 9.54. The van der Waals surface area contributed by atoms with Crippen LogP contribution in [-0.2, 0) is 0 Å². The summed E-state index contributed by atoms with van der Waals surface area (Å²) < 4.78 is 64.7. The summed E-state index contributed by atoms with van der Waals surface area (Å²) in [5.41, 5.74) is 9.06. The number of hydrogen-bond acceptors (Lipinski definition) is 4. The fourth-order valence-corrected chi connectivity index (χ4v) is 9.54. The van der Waals surface area contributed by atoms with E-state index < -0.39 is 23.3 Å². The fraction of sp³-hybridized carbons (Fsp3) is 0.0690. The van der Waals surface area contributed by atoms with E-state index in [4.69, 9.17) is 0 Å². The van der Waals surface area contributed by atoms with Gasteiger partial charge in [-0.15, -0.1) is 0 Å². The molecule has 0 unspecified atom stereocenters. The number of aryl methyl sites for hydroxylation is 4.